The Balaban J connectivity index is 1.55. The molecule has 128 valence electrons. The number of likely N-dealkylation sites (N-methyl/N-ethyl adjacent to an activating group) is 1. The highest BCUT2D eigenvalue weighted by molar-refractivity contribution is 5.92. The van der Waals surface area contributed by atoms with E-state index < -0.39 is 0 Å². The fourth-order valence-electron chi connectivity index (χ4n) is 3.46. The zero-order valence-electron chi connectivity index (χ0n) is 14.1. The number of carbonyl (C=O) groups is 1. The van der Waals surface area contributed by atoms with E-state index in [9.17, 15) is 9.59 Å². The Bertz CT molecular complexity index is 1000. The SMILES string of the molecule is CCN1CCc2ccc(NC(=O)Cn3c(=O)[nH]c4ccccc43)cc21. The Morgan fingerprint density at radius 3 is 2.92 bits per heavy atom. The van der Waals surface area contributed by atoms with Gasteiger partial charge in [-0.05, 0) is 43.2 Å². The first-order valence-corrected chi connectivity index (χ1v) is 8.51. The van der Waals surface area contributed by atoms with E-state index in [0.717, 1.165) is 36.2 Å². The topological polar surface area (TPSA) is 70.1 Å². The second-order valence-corrected chi connectivity index (χ2v) is 6.25. The summed E-state index contributed by atoms with van der Waals surface area (Å²) in [6.45, 7) is 4.09. The number of rotatable bonds is 4. The van der Waals surface area contributed by atoms with Crippen LogP contribution >= 0.6 is 0 Å². The third kappa shape index (κ3) is 2.80. The average Bonchev–Trinajstić information content (AvgIpc) is 3.15. The van der Waals surface area contributed by atoms with Crippen molar-refractivity contribution in [1.82, 2.24) is 9.55 Å². The molecule has 0 aliphatic carbocycles. The van der Waals surface area contributed by atoms with Crippen molar-refractivity contribution in [3.05, 3.63) is 58.5 Å². The summed E-state index contributed by atoms with van der Waals surface area (Å²) in [4.78, 5) is 29.6. The van der Waals surface area contributed by atoms with Crippen molar-refractivity contribution in [3.8, 4) is 0 Å². The molecular weight excluding hydrogens is 316 g/mol. The van der Waals surface area contributed by atoms with Gasteiger partial charge in [0, 0.05) is 24.5 Å². The molecule has 0 saturated heterocycles. The van der Waals surface area contributed by atoms with Crippen molar-refractivity contribution < 1.29 is 4.79 Å². The number of hydrogen-bond acceptors (Lipinski definition) is 3. The minimum atomic E-state index is -0.275. The molecule has 0 spiro atoms. The van der Waals surface area contributed by atoms with Crippen LogP contribution in [0.1, 0.15) is 12.5 Å². The van der Waals surface area contributed by atoms with E-state index in [2.05, 4.69) is 28.2 Å². The third-order valence-corrected chi connectivity index (χ3v) is 4.73. The minimum absolute atomic E-state index is 0.0164. The molecule has 1 aliphatic heterocycles. The normalized spacial score (nSPS) is 13.2. The molecule has 2 aromatic carbocycles. The molecule has 6 nitrogen and oxygen atoms in total. The van der Waals surface area contributed by atoms with Crippen molar-refractivity contribution in [1.29, 1.82) is 0 Å². The van der Waals surface area contributed by atoms with Crippen LogP contribution in [0.15, 0.2) is 47.3 Å². The summed E-state index contributed by atoms with van der Waals surface area (Å²) in [6, 6.07) is 13.4. The first kappa shape index (κ1) is 15.5. The second-order valence-electron chi connectivity index (χ2n) is 6.25. The highest BCUT2D eigenvalue weighted by atomic mass is 16.2. The van der Waals surface area contributed by atoms with Crippen LogP contribution in [0.4, 0.5) is 11.4 Å². The molecule has 0 atom stereocenters. The van der Waals surface area contributed by atoms with Gasteiger partial charge in [-0.3, -0.25) is 9.36 Å². The zero-order valence-corrected chi connectivity index (χ0v) is 14.1. The number of aromatic amines is 1. The number of fused-ring (bicyclic) bond motifs is 2. The molecule has 1 aromatic heterocycles. The van der Waals surface area contributed by atoms with E-state index in [-0.39, 0.29) is 18.1 Å². The molecule has 1 aliphatic rings. The van der Waals surface area contributed by atoms with Crippen LogP contribution in [0.25, 0.3) is 11.0 Å². The zero-order chi connectivity index (χ0) is 17.4. The summed E-state index contributed by atoms with van der Waals surface area (Å²) < 4.78 is 1.45. The van der Waals surface area contributed by atoms with Gasteiger partial charge in [0.1, 0.15) is 6.54 Å². The maximum absolute atomic E-state index is 12.4. The fraction of sp³-hybridized carbons (Fsp3) is 0.263. The number of benzene rings is 2. The number of imidazole rings is 1. The van der Waals surface area contributed by atoms with Gasteiger partial charge in [-0.15, -0.1) is 0 Å². The van der Waals surface area contributed by atoms with Crippen LogP contribution in [0.5, 0.6) is 0 Å². The quantitative estimate of drug-likeness (QED) is 0.768. The van der Waals surface area contributed by atoms with Crippen LogP contribution in [-0.2, 0) is 17.8 Å². The molecule has 0 fully saturated rings. The number of nitrogens with one attached hydrogen (secondary N) is 2. The van der Waals surface area contributed by atoms with Crippen LogP contribution in [0, 0.1) is 0 Å². The summed E-state index contributed by atoms with van der Waals surface area (Å²) >= 11 is 0. The average molecular weight is 336 g/mol. The summed E-state index contributed by atoms with van der Waals surface area (Å²) in [5, 5.41) is 2.91. The van der Waals surface area contributed by atoms with Gasteiger partial charge in [0.2, 0.25) is 5.91 Å². The molecule has 2 heterocycles. The fourth-order valence-corrected chi connectivity index (χ4v) is 3.46. The Kier molecular flexibility index (Phi) is 3.80. The summed E-state index contributed by atoms with van der Waals surface area (Å²) in [6.07, 6.45) is 1.04. The van der Waals surface area contributed by atoms with Gasteiger partial charge in [-0.2, -0.15) is 0 Å². The summed E-state index contributed by atoms with van der Waals surface area (Å²) in [5.41, 5.74) is 4.45. The van der Waals surface area contributed by atoms with Crippen molar-refractivity contribution in [2.24, 2.45) is 0 Å². The molecule has 0 radical (unpaired) electrons. The van der Waals surface area contributed by atoms with Crippen LogP contribution < -0.4 is 15.9 Å². The standard InChI is InChI=1S/C19H20N4O2/c1-2-22-10-9-13-7-8-14(11-17(13)22)20-18(24)12-23-16-6-4-3-5-15(16)21-19(23)25/h3-8,11H,2,9-10,12H2,1H3,(H,20,24)(H,21,25). The van der Waals surface area contributed by atoms with E-state index in [0.29, 0.717) is 0 Å². The smallest absolute Gasteiger partial charge is 0.326 e. The number of nitrogens with zero attached hydrogens (tertiary/aromatic N) is 2. The second kappa shape index (κ2) is 6.12. The Morgan fingerprint density at radius 1 is 1.24 bits per heavy atom. The number of aromatic nitrogens is 2. The number of carbonyl (C=O) groups excluding carboxylic acids is 1. The summed E-state index contributed by atoms with van der Waals surface area (Å²) in [5.74, 6) is -0.215. The van der Waals surface area contributed by atoms with Gasteiger partial charge in [0.25, 0.3) is 0 Å². The van der Waals surface area contributed by atoms with Crippen molar-refractivity contribution in [3.63, 3.8) is 0 Å². The lowest BCUT2D eigenvalue weighted by Gasteiger charge is -2.17. The lowest BCUT2D eigenvalue weighted by molar-refractivity contribution is -0.116. The molecule has 4 rings (SSSR count). The monoisotopic (exact) mass is 336 g/mol. The highest BCUT2D eigenvalue weighted by Gasteiger charge is 2.18. The first-order chi connectivity index (χ1) is 12.2. The van der Waals surface area contributed by atoms with E-state index in [1.54, 1.807) is 0 Å². The molecular formula is C19H20N4O2. The number of hydrogen-bond donors (Lipinski definition) is 2. The number of para-hydroxylation sites is 2. The lowest BCUT2D eigenvalue weighted by atomic mass is 10.1. The molecule has 2 N–H and O–H groups in total. The largest absolute Gasteiger partial charge is 0.371 e. The molecule has 6 heteroatoms. The predicted molar refractivity (Wildman–Crippen MR) is 99.2 cm³/mol. The Labute approximate surface area is 145 Å². The first-order valence-electron chi connectivity index (χ1n) is 8.51. The van der Waals surface area contributed by atoms with Gasteiger partial charge >= 0.3 is 5.69 Å². The van der Waals surface area contributed by atoms with E-state index in [1.807, 2.05) is 36.4 Å². The van der Waals surface area contributed by atoms with Gasteiger partial charge in [-0.25, -0.2) is 4.79 Å². The van der Waals surface area contributed by atoms with E-state index in [4.69, 9.17) is 0 Å². The van der Waals surface area contributed by atoms with E-state index in [1.165, 1.54) is 15.8 Å². The van der Waals surface area contributed by atoms with Crippen LogP contribution in [0.3, 0.4) is 0 Å². The number of H-pyrrole nitrogens is 1. The van der Waals surface area contributed by atoms with Crippen molar-refractivity contribution in [2.75, 3.05) is 23.3 Å². The van der Waals surface area contributed by atoms with E-state index >= 15 is 0 Å². The predicted octanol–water partition coefficient (Wildman–Crippen LogP) is 2.35. The maximum atomic E-state index is 12.4. The van der Waals surface area contributed by atoms with Gasteiger partial charge in [-0.1, -0.05) is 18.2 Å². The lowest BCUT2D eigenvalue weighted by Crippen LogP contribution is -2.26. The summed E-state index contributed by atoms with van der Waals surface area (Å²) in [7, 11) is 0. The van der Waals surface area contributed by atoms with Gasteiger partial charge in [0.05, 0.1) is 11.0 Å². The molecule has 25 heavy (non-hydrogen) atoms. The molecule has 0 unspecified atom stereocenters. The maximum Gasteiger partial charge on any atom is 0.326 e. The van der Waals surface area contributed by atoms with Crippen molar-refractivity contribution >= 4 is 28.3 Å². The number of amides is 1. The van der Waals surface area contributed by atoms with Crippen LogP contribution in [-0.4, -0.2) is 28.5 Å². The Morgan fingerprint density at radius 2 is 2.08 bits per heavy atom. The molecule has 0 bridgehead atoms. The molecule has 3 aromatic rings. The Hall–Kier alpha value is -3.02. The molecule has 0 saturated carbocycles. The number of anilines is 2. The minimum Gasteiger partial charge on any atom is -0.371 e. The van der Waals surface area contributed by atoms with Gasteiger partial charge in [0.15, 0.2) is 0 Å². The van der Waals surface area contributed by atoms with Crippen LogP contribution in [0.2, 0.25) is 0 Å². The van der Waals surface area contributed by atoms with Crippen molar-refractivity contribution in [2.45, 2.75) is 19.9 Å². The molecule has 1 amide bonds. The third-order valence-electron chi connectivity index (χ3n) is 4.73. The highest BCUT2D eigenvalue weighted by Crippen LogP contribution is 2.30. The van der Waals surface area contributed by atoms with Gasteiger partial charge < -0.3 is 15.2 Å².